The fourth-order valence-corrected chi connectivity index (χ4v) is 2.33. The van der Waals surface area contributed by atoms with Crippen molar-refractivity contribution in [3.63, 3.8) is 0 Å². The second-order valence-corrected chi connectivity index (χ2v) is 5.70. The lowest BCUT2D eigenvalue weighted by Gasteiger charge is -2.07. The van der Waals surface area contributed by atoms with Crippen molar-refractivity contribution in [2.24, 2.45) is 0 Å². The zero-order valence-corrected chi connectivity index (χ0v) is 14.0. The Bertz CT molecular complexity index is 919. The SMILES string of the molecule is Cc1cc(NC(=O)c2ccc(C(=O)Nc3ccccc3Cl)cc2)no1. The summed E-state index contributed by atoms with van der Waals surface area (Å²) in [5.74, 6) is 0.281. The predicted octanol–water partition coefficient (Wildman–Crippen LogP) is 4.14. The number of para-hydroxylation sites is 1. The number of hydrogen-bond acceptors (Lipinski definition) is 4. The van der Waals surface area contributed by atoms with Gasteiger partial charge in [0.05, 0.1) is 10.7 Å². The molecule has 6 nitrogen and oxygen atoms in total. The van der Waals surface area contributed by atoms with Crippen LogP contribution in [0.2, 0.25) is 5.02 Å². The van der Waals surface area contributed by atoms with Crippen LogP contribution in [0.3, 0.4) is 0 Å². The number of carbonyl (C=O) groups excluding carboxylic acids is 2. The standard InChI is InChI=1S/C18H14ClN3O3/c1-11-10-16(22-25-11)21-18(24)13-8-6-12(7-9-13)17(23)20-15-5-3-2-4-14(15)19/h2-10H,1H3,(H,20,23)(H,21,22,24). The van der Waals surface area contributed by atoms with Gasteiger partial charge in [-0.05, 0) is 43.3 Å². The lowest BCUT2D eigenvalue weighted by molar-refractivity contribution is 0.101. The first-order valence-corrected chi connectivity index (χ1v) is 7.81. The van der Waals surface area contributed by atoms with Gasteiger partial charge < -0.3 is 15.2 Å². The maximum atomic E-state index is 12.2. The van der Waals surface area contributed by atoms with E-state index in [-0.39, 0.29) is 11.8 Å². The average molecular weight is 356 g/mol. The van der Waals surface area contributed by atoms with Crippen LogP contribution in [0.1, 0.15) is 26.5 Å². The molecule has 1 aromatic heterocycles. The summed E-state index contributed by atoms with van der Waals surface area (Å²) in [6, 6.07) is 14.8. The van der Waals surface area contributed by atoms with E-state index >= 15 is 0 Å². The molecule has 1 heterocycles. The van der Waals surface area contributed by atoms with E-state index in [2.05, 4.69) is 15.8 Å². The first-order chi connectivity index (χ1) is 12.0. The van der Waals surface area contributed by atoms with Gasteiger partial charge in [-0.25, -0.2) is 0 Å². The van der Waals surface area contributed by atoms with Crippen molar-refractivity contribution in [3.8, 4) is 0 Å². The number of halogens is 1. The summed E-state index contributed by atoms with van der Waals surface area (Å²) in [4.78, 5) is 24.4. The number of aryl methyl sites for hydroxylation is 1. The number of hydrogen-bond donors (Lipinski definition) is 2. The molecule has 0 bridgehead atoms. The molecule has 126 valence electrons. The number of aromatic nitrogens is 1. The first kappa shape index (κ1) is 16.7. The molecule has 3 aromatic rings. The summed E-state index contributed by atoms with van der Waals surface area (Å²) in [6.45, 7) is 1.73. The second-order valence-electron chi connectivity index (χ2n) is 5.29. The summed E-state index contributed by atoms with van der Waals surface area (Å²) >= 11 is 6.02. The fourth-order valence-electron chi connectivity index (χ4n) is 2.14. The van der Waals surface area contributed by atoms with E-state index in [1.54, 1.807) is 61.5 Å². The number of amides is 2. The summed E-state index contributed by atoms with van der Waals surface area (Å²) in [5.41, 5.74) is 1.33. The molecule has 2 amide bonds. The van der Waals surface area contributed by atoms with Crippen molar-refractivity contribution in [2.45, 2.75) is 6.92 Å². The van der Waals surface area contributed by atoms with Crippen LogP contribution in [0.4, 0.5) is 11.5 Å². The molecule has 0 fully saturated rings. The van der Waals surface area contributed by atoms with Gasteiger partial charge in [-0.2, -0.15) is 0 Å². The van der Waals surface area contributed by atoms with Gasteiger partial charge in [0.25, 0.3) is 11.8 Å². The quantitative estimate of drug-likeness (QED) is 0.736. The molecule has 7 heteroatoms. The van der Waals surface area contributed by atoms with Gasteiger partial charge in [0, 0.05) is 17.2 Å². The Morgan fingerprint density at radius 1 is 0.960 bits per heavy atom. The molecule has 0 aliphatic heterocycles. The molecule has 3 rings (SSSR count). The number of rotatable bonds is 4. The summed E-state index contributed by atoms with van der Waals surface area (Å²) in [7, 11) is 0. The van der Waals surface area contributed by atoms with Crippen LogP contribution in [-0.2, 0) is 0 Å². The Balaban J connectivity index is 1.68. The predicted molar refractivity (Wildman–Crippen MR) is 95.0 cm³/mol. The minimum Gasteiger partial charge on any atom is -0.360 e. The molecule has 0 aliphatic carbocycles. The molecule has 25 heavy (non-hydrogen) atoms. The van der Waals surface area contributed by atoms with Crippen LogP contribution in [0.15, 0.2) is 59.1 Å². The minimum absolute atomic E-state index is 0.313. The average Bonchev–Trinajstić information content (AvgIpc) is 3.02. The van der Waals surface area contributed by atoms with Crippen LogP contribution >= 0.6 is 11.6 Å². The van der Waals surface area contributed by atoms with Gasteiger partial charge >= 0.3 is 0 Å². The van der Waals surface area contributed by atoms with E-state index in [0.29, 0.717) is 33.4 Å². The van der Waals surface area contributed by atoms with Crippen LogP contribution in [0.25, 0.3) is 0 Å². The van der Waals surface area contributed by atoms with Crippen molar-refractivity contribution in [3.05, 3.63) is 76.5 Å². The monoisotopic (exact) mass is 355 g/mol. The van der Waals surface area contributed by atoms with Crippen molar-refractivity contribution in [2.75, 3.05) is 10.6 Å². The van der Waals surface area contributed by atoms with Crippen LogP contribution in [-0.4, -0.2) is 17.0 Å². The number of nitrogens with one attached hydrogen (secondary N) is 2. The highest BCUT2D eigenvalue weighted by Gasteiger charge is 2.12. The molecular weight excluding hydrogens is 342 g/mol. The molecule has 0 spiro atoms. The van der Waals surface area contributed by atoms with E-state index in [4.69, 9.17) is 16.1 Å². The number of benzene rings is 2. The van der Waals surface area contributed by atoms with E-state index in [0.717, 1.165) is 0 Å². The third kappa shape index (κ3) is 4.05. The Morgan fingerprint density at radius 3 is 2.12 bits per heavy atom. The minimum atomic E-state index is -0.341. The highest BCUT2D eigenvalue weighted by molar-refractivity contribution is 6.33. The Hall–Kier alpha value is -3.12. The first-order valence-electron chi connectivity index (χ1n) is 7.43. The van der Waals surface area contributed by atoms with Gasteiger partial charge in [-0.1, -0.05) is 28.9 Å². The van der Waals surface area contributed by atoms with Crippen LogP contribution < -0.4 is 10.6 Å². The highest BCUT2D eigenvalue weighted by Crippen LogP contribution is 2.21. The number of anilines is 2. The molecule has 0 saturated carbocycles. The van der Waals surface area contributed by atoms with Crippen molar-refractivity contribution >= 4 is 34.9 Å². The highest BCUT2D eigenvalue weighted by atomic mass is 35.5. The van der Waals surface area contributed by atoms with Crippen molar-refractivity contribution in [1.82, 2.24) is 5.16 Å². The van der Waals surface area contributed by atoms with E-state index in [1.165, 1.54) is 0 Å². The second kappa shape index (κ2) is 7.19. The lowest BCUT2D eigenvalue weighted by Crippen LogP contribution is -2.14. The molecule has 0 saturated heterocycles. The summed E-state index contributed by atoms with van der Waals surface area (Å²) < 4.78 is 4.89. The Morgan fingerprint density at radius 2 is 1.56 bits per heavy atom. The van der Waals surface area contributed by atoms with Gasteiger partial charge in [0.15, 0.2) is 5.82 Å². The Kier molecular flexibility index (Phi) is 4.81. The smallest absolute Gasteiger partial charge is 0.256 e. The zero-order chi connectivity index (χ0) is 17.8. The van der Waals surface area contributed by atoms with Crippen molar-refractivity contribution < 1.29 is 14.1 Å². The zero-order valence-electron chi connectivity index (χ0n) is 13.2. The van der Waals surface area contributed by atoms with Gasteiger partial charge in [0.2, 0.25) is 0 Å². The maximum absolute atomic E-state index is 12.2. The van der Waals surface area contributed by atoms with Crippen LogP contribution in [0.5, 0.6) is 0 Å². The largest absolute Gasteiger partial charge is 0.360 e. The normalized spacial score (nSPS) is 10.3. The molecule has 2 aromatic carbocycles. The third-order valence-corrected chi connectivity index (χ3v) is 3.73. The van der Waals surface area contributed by atoms with Gasteiger partial charge in [-0.3, -0.25) is 9.59 Å². The van der Waals surface area contributed by atoms with Gasteiger partial charge in [0.1, 0.15) is 5.76 Å². The fraction of sp³-hybridized carbons (Fsp3) is 0.0556. The number of nitrogens with zero attached hydrogens (tertiary/aromatic N) is 1. The van der Waals surface area contributed by atoms with Crippen LogP contribution in [0, 0.1) is 6.92 Å². The molecular formula is C18H14ClN3O3. The Labute approximate surface area is 148 Å². The van der Waals surface area contributed by atoms with E-state index < -0.39 is 0 Å². The van der Waals surface area contributed by atoms with E-state index in [1.807, 2.05) is 0 Å². The summed E-state index contributed by atoms with van der Waals surface area (Å²) in [6.07, 6.45) is 0. The molecule has 0 unspecified atom stereocenters. The molecule has 0 radical (unpaired) electrons. The topological polar surface area (TPSA) is 84.2 Å². The van der Waals surface area contributed by atoms with Crippen molar-refractivity contribution in [1.29, 1.82) is 0 Å². The van der Waals surface area contributed by atoms with E-state index in [9.17, 15) is 9.59 Å². The summed E-state index contributed by atoms with van der Waals surface area (Å²) in [5, 5.41) is 9.49. The third-order valence-electron chi connectivity index (χ3n) is 3.40. The number of carbonyl (C=O) groups is 2. The molecule has 2 N–H and O–H groups in total. The maximum Gasteiger partial charge on any atom is 0.256 e. The van der Waals surface area contributed by atoms with Gasteiger partial charge in [-0.15, -0.1) is 0 Å². The molecule has 0 aliphatic rings. The molecule has 0 atom stereocenters. The lowest BCUT2D eigenvalue weighted by atomic mass is 10.1.